The van der Waals surface area contributed by atoms with Gasteiger partial charge in [-0.1, -0.05) is 6.92 Å². The predicted molar refractivity (Wildman–Crippen MR) is 32.2 cm³/mol. The standard InChI is InChI=1S/C6H7F2N2O/c1-4(2-5(7)8)6-10-9-3-11-6/h4-5H,2H2,1H3. The third-order valence-corrected chi connectivity index (χ3v) is 1.29. The van der Waals surface area contributed by atoms with Gasteiger partial charge in [0.2, 0.25) is 12.3 Å². The molecule has 0 aliphatic carbocycles. The highest BCUT2D eigenvalue weighted by atomic mass is 19.3. The molecule has 1 unspecified atom stereocenters. The first kappa shape index (κ1) is 8.10. The third-order valence-electron chi connectivity index (χ3n) is 1.29. The molecular weight excluding hydrogens is 154 g/mol. The van der Waals surface area contributed by atoms with Gasteiger partial charge in [-0.05, 0) is 0 Å². The van der Waals surface area contributed by atoms with Crippen molar-refractivity contribution in [2.75, 3.05) is 0 Å². The van der Waals surface area contributed by atoms with Gasteiger partial charge in [0.25, 0.3) is 0 Å². The fourth-order valence-electron chi connectivity index (χ4n) is 0.725. The normalized spacial score (nSPS) is 13.8. The first-order valence-electron chi connectivity index (χ1n) is 3.17. The minimum Gasteiger partial charge on any atom is -0.417 e. The van der Waals surface area contributed by atoms with E-state index in [1.165, 1.54) is 0 Å². The Kier molecular flexibility index (Phi) is 2.51. The summed E-state index contributed by atoms with van der Waals surface area (Å²) in [7, 11) is 0. The van der Waals surface area contributed by atoms with Crippen molar-refractivity contribution in [3.8, 4) is 0 Å². The number of hydrogen-bond acceptors (Lipinski definition) is 3. The highest BCUT2D eigenvalue weighted by Gasteiger charge is 2.16. The molecule has 1 heterocycles. The van der Waals surface area contributed by atoms with E-state index >= 15 is 0 Å². The molecule has 0 aliphatic rings. The highest BCUT2D eigenvalue weighted by molar-refractivity contribution is 4.84. The van der Waals surface area contributed by atoms with Gasteiger partial charge in [-0.2, -0.15) is 0 Å². The van der Waals surface area contributed by atoms with Gasteiger partial charge in [0.05, 0.1) is 0 Å². The second-order valence-corrected chi connectivity index (χ2v) is 2.26. The summed E-state index contributed by atoms with van der Waals surface area (Å²) in [6.45, 7) is 1.60. The van der Waals surface area contributed by atoms with E-state index in [0.717, 1.165) is 0 Å². The average molecular weight is 161 g/mol. The van der Waals surface area contributed by atoms with Crippen LogP contribution in [0.25, 0.3) is 0 Å². The van der Waals surface area contributed by atoms with Crippen molar-refractivity contribution in [3.05, 3.63) is 12.3 Å². The van der Waals surface area contributed by atoms with Crippen LogP contribution >= 0.6 is 0 Å². The topological polar surface area (TPSA) is 38.9 Å². The molecule has 1 aromatic heterocycles. The van der Waals surface area contributed by atoms with E-state index in [-0.39, 0.29) is 12.3 Å². The molecule has 61 valence electrons. The van der Waals surface area contributed by atoms with Crippen LogP contribution in [0, 0.1) is 6.39 Å². The Morgan fingerprint density at radius 2 is 2.36 bits per heavy atom. The lowest BCUT2D eigenvalue weighted by Crippen LogP contribution is -2.00. The van der Waals surface area contributed by atoms with Gasteiger partial charge in [0.15, 0.2) is 0 Å². The summed E-state index contributed by atoms with van der Waals surface area (Å²) in [5, 5.41) is 6.73. The van der Waals surface area contributed by atoms with E-state index in [9.17, 15) is 8.78 Å². The van der Waals surface area contributed by atoms with Crippen LogP contribution < -0.4 is 0 Å². The van der Waals surface area contributed by atoms with Crippen LogP contribution in [-0.4, -0.2) is 16.6 Å². The molecule has 11 heavy (non-hydrogen) atoms. The van der Waals surface area contributed by atoms with E-state index < -0.39 is 12.3 Å². The first-order valence-corrected chi connectivity index (χ1v) is 3.17. The molecule has 1 radical (unpaired) electrons. The van der Waals surface area contributed by atoms with Crippen LogP contribution in [0.5, 0.6) is 0 Å². The molecule has 0 bridgehead atoms. The highest BCUT2D eigenvalue weighted by Crippen LogP contribution is 2.19. The Morgan fingerprint density at radius 3 is 2.82 bits per heavy atom. The molecule has 0 spiro atoms. The number of rotatable bonds is 3. The molecule has 1 rings (SSSR count). The summed E-state index contributed by atoms with van der Waals surface area (Å²) in [6, 6.07) is 0. The maximum atomic E-state index is 11.8. The van der Waals surface area contributed by atoms with Gasteiger partial charge in [-0.3, -0.25) is 0 Å². The van der Waals surface area contributed by atoms with Crippen LogP contribution in [0.3, 0.4) is 0 Å². The van der Waals surface area contributed by atoms with Gasteiger partial charge in [0.1, 0.15) is 0 Å². The van der Waals surface area contributed by atoms with Crippen molar-refractivity contribution >= 4 is 0 Å². The lowest BCUT2D eigenvalue weighted by atomic mass is 10.1. The number of halogens is 2. The quantitative estimate of drug-likeness (QED) is 0.676. The lowest BCUT2D eigenvalue weighted by molar-refractivity contribution is 0.125. The molecule has 1 atom stereocenters. The Labute approximate surface area is 62.4 Å². The van der Waals surface area contributed by atoms with Crippen molar-refractivity contribution in [2.45, 2.75) is 25.7 Å². The Hall–Kier alpha value is -1.00. The third kappa shape index (κ3) is 2.25. The zero-order chi connectivity index (χ0) is 8.27. The molecule has 0 saturated carbocycles. The Morgan fingerprint density at radius 1 is 1.64 bits per heavy atom. The van der Waals surface area contributed by atoms with E-state index in [0.29, 0.717) is 0 Å². The maximum absolute atomic E-state index is 11.8. The van der Waals surface area contributed by atoms with Crippen LogP contribution in [0.2, 0.25) is 0 Å². The molecular formula is C6H7F2N2O. The second kappa shape index (κ2) is 3.41. The molecule has 0 amide bonds. The maximum Gasteiger partial charge on any atom is 0.305 e. The Balaban J connectivity index is 2.49. The summed E-state index contributed by atoms with van der Waals surface area (Å²) < 4.78 is 28.2. The van der Waals surface area contributed by atoms with E-state index in [2.05, 4.69) is 21.0 Å². The summed E-state index contributed by atoms with van der Waals surface area (Å²) in [4.78, 5) is 0. The van der Waals surface area contributed by atoms with Crippen LogP contribution in [-0.2, 0) is 0 Å². The van der Waals surface area contributed by atoms with Gasteiger partial charge in [-0.15, -0.1) is 10.2 Å². The summed E-state index contributed by atoms with van der Waals surface area (Å²) in [6.07, 6.45) is -0.487. The van der Waals surface area contributed by atoms with Crippen LogP contribution in [0.15, 0.2) is 4.42 Å². The van der Waals surface area contributed by atoms with Crippen LogP contribution in [0.1, 0.15) is 25.2 Å². The number of alkyl halides is 2. The summed E-state index contributed by atoms with van der Waals surface area (Å²) >= 11 is 0. The van der Waals surface area contributed by atoms with Gasteiger partial charge >= 0.3 is 6.39 Å². The molecule has 5 heteroatoms. The smallest absolute Gasteiger partial charge is 0.305 e. The van der Waals surface area contributed by atoms with Crippen molar-refractivity contribution in [1.29, 1.82) is 0 Å². The predicted octanol–water partition coefficient (Wildman–Crippen LogP) is 1.63. The molecule has 1 aromatic rings. The minimum absolute atomic E-state index is 0.213. The monoisotopic (exact) mass is 161 g/mol. The molecule has 0 N–H and O–H groups in total. The SMILES string of the molecule is CC(CC(F)F)c1nn[c]o1. The molecule has 0 fully saturated rings. The Bertz CT molecular complexity index is 200. The van der Waals surface area contributed by atoms with E-state index in [1.807, 2.05) is 0 Å². The van der Waals surface area contributed by atoms with E-state index in [1.54, 1.807) is 6.92 Å². The van der Waals surface area contributed by atoms with Crippen LogP contribution in [0.4, 0.5) is 8.78 Å². The zero-order valence-electron chi connectivity index (χ0n) is 5.92. The van der Waals surface area contributed by atoms with E-state index in [4.69, 9.17) is 0 Å². The van der Waals surface area contributed by atoms with Crippen molar-refractivity contribution < 1.29 is 13.2 Å². The second-order valence-electron chi connectivity index (χ2n) is 2.26. The van der Waals surface area contributed by atoms with Gasteiger partial charge in [-0.25, -0.2) is 8.78 Å². The fraction of sp³-hybridized carbons (Fsp3) is 0.667. The number of hydrogen-bond donors (Lipinski definition) is 0. The minimum atomic E-state index is -2.34. The summed E-state index contributed by atoms with van der Waals surface area (Å²) in [5.41, 5.74) is 0. The zero-order valence-corrected chi connectivity index (χ0v) is 5.92. The lowest BCUT2D eigenvalue weighted by Gasteiger charge is -2.03. The molecule has 0 aliphatic heterocycles. The summed E-state index contributed by atoms with van der Waals surface area (Å²) in [5.74, 6) is -0.181. The largest absolute Gasteiger partial charge is 0.417 e. The molecule has 0 aromatic carbocycles. The van der Waals surface area contributed by atoms with Gasteiger partial charge in [0, 0.05) is 12.3 Å². The van der Waals surface area contributed by atoms with Gasteiger partial charge < -0.3 is 4.42 Å². The van der Waals surface area contributed by atoms with Crippen molar-refractivity contribution in [1.82, 2.24) is 10.2 Å². The average Bonchev–Trinajstić information content (AvgIpc) is 2.35. The molecule has 3 nitrogen and oxygen atoms in total. The first-order chi connectivity index (χ1) is 5.20. The number of nitrogens with zero attached hydrogens (tertiary/aromatic N) is 2. The fourth-order valence-corrected chi connectivity index (χ4v) is 0.725. The number of aromatic nitrogens is 2. The van der Waals surface area contributed by atoms with Crippen molar-refractivity contribution in [3.63, 3.8) is 0 Å². The van der Waals surface area contributed by atoms with Crippen molar-refractivity contribution in [2.24, 2.45) is 0 Å². The molecule has 0 saturated heterocycles.